The van der Waals surface area contributed by atoms with Crippen molar-refractivity contribution in [3.05, 3.63) is 81.8 Å². The molecule has 0 aliphatic rings. The Morgan fingerprint density at radius 3 is 2.44 bits per heavy atom. The van der Waals surface area contributed by atoms with Gasteiger partial charge in [-0.05, 0) is 54.6 Å². The predicted octanol–water partition coefficient (Wildman–Crippen LogP) is 7.73. The van der Waals surface area contributed by atoms with E-state index in [9.17, 15) is 22.9 Å². The maximum absolute atomic E-state index is 13.3. The molecule has 0 spiro atoms. The van der Waals surface area contributed by atoms with E-state index in [1.807, 2.05) is 0 Å². The molecule has 0 atom stereocenters. The van der Waals surface area contributed by atoms with Crippen LogP contribution < -0.4 is 10.1 Å². The van der Waals surface area contributed by atoms with Crippen molar-refractivity contribution in [2.75, 3.05) is 11.9 Å². The number of aryl methyl sites for hydroxylation is 1. The third-order valence-corrected chi connectivity index (χ3v) is 7.44. The van der Waals surface area contributed by atoms with Crippen LogP contribution in [0.15, 0.2) is 75.8 Å². The summed E-state index contributed by atoms with van der Waals surface area (Å²) in [6.07, 6.45) is 0.350. The molecule has 0 fully saturated rings. The first-order chi connectivity index (χ1) is 18.5. The lowest BCUT2D eigenvalue weighted by molar-refractivity contribution is 0.102. The first-order valence-corrected chi connectivity index (χ1v) is 13.9. The molecule has 39 heavy (non-hydrogen) atoms. The molecule has 0 saturated carbocycles. The van der Waals surface area contributed by atoms with E-state index in [0.717, 1.165) is 0 Å². The molecule has 0 aliphatic carbocycles. The number of halogens is 2. The molecule has 3 N–H and O–H groups in total. The van der Waals surface area contributed by atoms with Gasteiger partial charge < -0.3 is 15.2 Å². The minimum absolute atomic E-state index is 0.0134. The minimum Gasteiger partial charge on any atom is -0.505 e. The van der Waals surface area contributed by atoms with Crippen LogP contribution in [0.25, 0.3) is 10.8 Å². The van der Waals surface area contributed by atoms with Gasteiger partial charge in [0.05, 0.1) is 27.9 Å². The number of fused-ring (bicyclic) bond motifs is 1. The summed E-state index contributed by atoms with van der Waals surface area (Å²) in [7, 11) is -4.54. The minimum atomic E-state index is -4.54. The molecule has 0 unspecified atom stereocenters. The van der Waals surface area contributed by atoms with Gasteiger partial charge in [-0.2, -0.15) is 13.5 Å². The number of para-hydroxylation sites is 1. The van der Waals surface area contributed by atoms with Crippen LogP contribution in [0.4, 0.5) is 17.1 Å². The van der Waals surface area contributed by atoms with Crippen LogP contribution in [0.1, 0.15) is 29.8 Å². The maximum atomic E-state index is 13.3. The maximum Gasteiger partial charge on any atom is 0.296 e. The van der Waals surface area contributed by atoms with E-state index in [0.29, 0.717) is 35.1 Å². The van der Waals surface area contributed by atoms with Gasteiger partial charge >= 0.3 is 0 Å². The first kappa shape index (κ1) is 28.3. The number of ether oxygens (including phenoxy) is 1. The van der Waals surface area contributed by atoms with Gasteiger partial charge in [-0.1, -0.05) is 60.5 Å². The smallest absolute Gasteiger partial charge is 0.296 e. The molecule has 4 rings (SSSR count). The number of hydrogen-bond acceptors (Lipinski definition) is 7. The Morgan fingerprint density at radius 2 is 1.74 bits per heavy atom. The fraction of sp³-hybridized carbons (Fsp3) is 0.148. The molecule has 0 aromatic heterocycles. The van der Waals surface area contributed by atoms with Crippen molar-refractivity contribution in [2.45, 2.75) is 25.2 Å². The largest absolute Gasteiger partial charge is 0.505 e. The molecule has 0 bridgehead atoms. The summed E-state index contributed by atoms with van der Waals surface area (Å²) in [5.41, 5.74) is 0.851. The molecular formula is C27H23Cl2N3O6S. The Bertz CT molecular complexity index is 1720. The molecule has 4 aromatic carbocycles. The van der Waals surface area contributed by atoms with Crippen molar-refractivity contribution in [2.24, 2.45) is 10.2 Å². The molecular weight excluding hydrogens is 565 g/mol. The van der Waals surface area contributed by atoms with Gasteiger partial charge in [0.15, 0.2) is 5.75 Å². The summed E-state index contributed by atoms with van der Waals surface area (Å²) >= 11 is 12.4. The lowest BCUT2D eigenvalue weighted by atomic mass is 10.0. The normalized spacial score (nSPS) is 11.7. The fourth-order valence-corrected chi connectivity index (χ4v) is 5.20. The van der Waals surface area contributed by atoms with Crippen molar-refractivity contribution in [3.8, 4) is 11.5 Å². The fourth-order valence-electron chi connectivity index (χ4n) is 3.94. The topological polar surface area (TPSA) is 138 Å². The number of carbonyl (C=O) groups is 1. The number of phenolic OH excluding ortho intramolecular Hbond substituents is 1. The molecule has 0 saturated heterocycles. The van der Waals surface area contributed by atoms with Crippen LogP contribution in [0.3, 0.4) is 0 Å². The molecule has 9 nitrogen and oxygen atoms in total. The van der Waals surface area contributed by atoms with Gasteiger partial charge in [0.2, 0.25) is 0 Å². The predicted molar refractivity (Wildman–Crippen MR) is 151 cm³/mol. The summed E-state index contributed by atoms with van der Waals surface area (Å²) in [6.45, 7) is 3.91. The van der Waals surface area contributed by atoms with Crippen LogP contribution in [0, 0.1) is 0 Å². The Labute approximate surface area is 234 Å². The van der Waals surface area contributed by atoms with Gasteiger partial charge in [0.1, 0.15) is 22.0 Å². The second-order valence-electron chi connectivity index (χ2n) is 8.28. The second-order valence-corrected chi connectivity index (χ2v) is 10.5. The van der Waals surface area contributed by atoms with Crippen LogP contribution in [-0.4, -0.2) is 30.6 Å². The number of aromatic hydroxyl groups is 1. The number of phenols is 1. The summed E-state index contributed by atoms with van der Waals surface area (Å²) in [6, 6.07) is 15.9. The third-order valence-electron chi connectivity index (χ3n) is 5.80. The number of amides is 1. The Kier molecular flexibility index (Phi) is 8.41. The van der Waals surface area contributed by atoms with Crippen molar-refractivity contribution < 1.29 is 27.6 Å². The Hall–Kier alpha value is -3.70. The zero-order valence-corrected chi connectivity index (χ0v) is 23.1. The standard InChI is InChI=1S/C27H23Cl2N3O6S/c1-3-15-13-23(39(35,36)37)20(29)14-21(15)31-32-24-17-9-6-5-8-16(17)12-18(26(24)33)27(34)30-25-19(28)10-7-11-22(25)38-4-2/h5-14,33H,3-4H2,1-2H3,(H,30,34)(H,35,36,37). The van der Waals surface area contributed by atoms with Gasteiger partial charge in [-0.3, -0.25) is 9.35 Å². The number of nitrogens with one attached hydrogen (secondary N) is 1. The van der Waals surface area contributed by atoms with Gasteiger partial charge in [-0.15, -0.1) is 5.11 Å². The highest BCUT2D eigenvalue weighted by Gasteiger charge is 2.22. The molecule has 1 amide bonds. The van der Waals surface area contributed by atoms with E-state index in [-0.39, 0.29) is 32.7 Å². The van der Waals surface area contributed by atoms with Crippen molar-refractivity contribution in [1.82, 2.24) is 0 Å². The van der Waals surface area contributed by atoms with E-state index in [1.54, 1.807) is 56.3 Å². The van der Waals surface area contributed by atoms with Crippen molar-refractivity contribution >= 4 is 67.1 Å². The van der Waals surface area contributed by atoms with Gasteiger partial charge in [0.25, 0.3) is 16.0 Å². The highest BCUT2D eigenvalue weighted by molar-refractivity contribution is 7.86. The average molecular weight is 588 g/mol. The molecule has 0 heterocycles. The first-order valence-electron chi connectivity index (χ1n) is 11.7. The van der Waals surface area contributed by atoms with E-state index >= 15 is 0 Å². The summed E-state index contributed by atoms with van der Waals surface area (Å²) in [5.74, 6) is -0.715. The highest BCUT2D eigenvalue weighted by Crippen LogP contribution is 2.41. The zero-order chi connectivity index (χ0) is 28.3. The quantitative estimate of drug-likeness (QED) is 0.142. The lowest BCUT2D eigenvalue weighted by Gasteiger charge is -2.15. The van der Waals surface area contributed by atoms with Crippen LogP contribution in [-0.2, 0) is 16.5 Å². The monoisotopic (exact) mass is 587 g/mol. The molecule has 0 aliphatic heterocycles. The summed E-state index contributed by atoms with van der Waals surface area (Å²) in [4.78, 5) is 12.9. The Balaban J connectivity index is 1.81. The summed E-state index contributed by atoms with van der Waals surface area (Å²) < 4.78 is 38.3. The van der Waals surface area contributed by atoms with Crippen molar-refractivity contribution in [3.63, 3.8) is 0 Å². The van der Waals surface area contributed by atoms with E-state index in [4.69, 9.17) is 27.9 Å². The van der Waals surface area contributed by atoms with Crippen LogP contribution in [0.2, 0.25) is 10.0 Å². The van der Waals surface area contributed by atoms with Crippen LogP contribution >= 0.6 is 23.2 Å². The van der Waals surface area contributed by atoms with E-state index in [1.165, 1.54) is 18.2 Å². The number of carbonyl (C=O) groups excluding carboxylic acids is 1. The number of rotatable bonds is 8. The molecule has 0 radical (unpaired) electrons. The van der Waals surface area contributed by atoms with E-state index in [2.05, 4.69) is 15.5 Å². The number of anilines is 1. The van der Waals surface area contributed by atoms with Gasteiger partial charge in [-0.25, -0.2) is 0 Å². The van der Waals surface area contributed by atoms with Crippen LogP contribution in [0.5, 0.6) is 11.5 Å². The molecule has 12 heteroatoms. The van der Waals surface area contributed by atoms with Crippen molar-refractivity contribution in [1.29, 1.82) is 0 Å². The molecule has 4 aromatic rings. The number of hydrogen-bond donors (Lipinski definition) is 3. The average Bonchev–Trinajstić information content (AvgIpc) is 2.89. The summed E-state index contributed by atoms with van der Waals surface area (Å²) in [5, 5.41) is 23.5. The SMILES string of the molecule is CCOc1cccc(Cl)c1NC(=O)c1cc2ccccc2c(N=Nc2cc(Cl)c(S(=O)(=O)O)cc2CC)c1O. The third kappa shape index (κ3) is 5.99. The number of azo groups is 1. The second kappa shape index (κ2) is 11.6. The number of benzene rings is 4. The van der Waals surface area contributed by atoms with E-state index < -0.39 is 26.7 Å². The number of nitrogens with zero attached hydrogens (tertiary/aromatic N) is 2. The molecule has 202 valence electrons. The van der Waals surface area contributed by atoms with Gasteiger partial charge in [0, 0.05) is 5.39 Å². The Morgan fingerprint density at radius 1 is 1.00 bits per heavy atom. The lowest BCUT2D eigenvalue weighted by Crippen LogP contribution is -2.14. The zero-order valence-electron chi connectivity index (χ0n) is 20.8. The highest BCUT2D eigenvalue weighted by atomic mass is 35.5.